The third kappa shape index (κ3) is 3.20. The summed E-state index contributed by atoms with van der Waals surface area (Å²) in [4.78, 5) is 19.3. The van der Waals surface area contributed by atoms with Gasteiger partial charge in [0.2, 0.25) is 0 Å². The molecule has 0 radical (unpaired) electrons. The van der Waals surface area contributed by atoms with Crippen LogP contribution < -0.4 is 9.47 Å². The van der Waals surface area contributed by atoms with Crippen LogP contribution in [0.25, 0.3) is 11.0 Å². The van der Waals surface area contributed by atoms with Crippen molar-refractivity contribution in [2.75, 3.05) is 27.3 Å². The Balaban J connectivity index is 1.59. The van der Waals surface area contributed by atoms with Gasteiger partial charge in [-0.15, -0.1) is 0 Å². The number of nitrogens with one attached hydrogen (secondary N) is 1. The number of pyridine rings is 1. The summed E-state index contributed by atoms with van der Waals surface area (Å²) in [7, 11) is 3.16. The van der Waals surface area contributed by atoms with E-state index < -0.39 is 0 Å². The normalized spacial score (nSPS) is 17.1. The number of piperidine rings is 1. The fourth-order valence-corrected chi connectivity index (χ4v) is 3.72. The molecule has 1 aliphatic heterocycles. The maximum Gasteiger partial charge on any atom is 0.257 e. The van der Waals surface area contributed by atoms with E-state index in [0.717, 1.165) is 30.5 Å². The van der Waals surface area contributed by atoms with Gasteiger partial charge in [-0.2, -0.15) is 5.10 Å². The molecule has 7 nitrogen and oxygen atoms in total. The van der Waals surface area contributed by atoms with Crippen LogP contribution in [-0.2, 0) is 0 Å². The first-order chi connectivity index (χ1) is 13.2. The summed E-state index contributed by atoms with van der Waals surface area (Å²) in [5, 5.41) is 8.45. The highest BCUT2D eigenvalue weighted by atomic mass is 16.5. The molecule has 2 aromatic heterocycles. The molecule has 27 heavy (non-hydrogen) atoms. The van der Waals surface area contributed by atoms with E-state index in [1.54, 1.807) is 38.6 Å². The van der Waals surface area contributed by atoms with E-state index >= 15 is 0 Å². The second-order valence-electron chi connectivity index (χ2n) is 6.67. The third-order valence-corrected chi connectivity index (χ3v) is 5.12. The predicted molar refractivity (Wildman–Crippen MR) is 101 cm³/mol. The Kier molecular flexibility index (Phi) is 4.66. The molecule has 1 aromatic carbocycles. The molecule has 1 fully saturated rings. The summed E-state index contributed by atoms with van der Waals surface area (Å²) in [5.41, 5.74) is 2.32. The molecule has 1 amide bonds. The van der Waals surface area contributed by atoms with E-state index in [1.807, 2.05) is 17.0 Å². The van der Waals surface area contributed by atoms with Gasteiger partial charge in [0.05, 0.1) is 19.8 Å². The Hall–Kier alpha value is -3.09. The number of methoxy groups -OCH3 is 2. The van der Waals surface area contributed by atoms with E-state index in [4.69, 9.17) is 9.47 Å². The van der Waals surface area contributed by atoms with E-state index in [2.05, 4.69) is 15.2 Å². The Morgan fingerprint density at radius 2 is 2.15 bits per heavy atom. The van der Waals surface area contributed by atoms with Crippen molar-refractivity contribution in [3.05, 3.63) is 47.8 Å². The summed E-state index contributed by atoms with van der Waals surface area (Å²) in [6, 6.07) is 9.22. The van der Waals surface area contributed by atoms with Crippen molar-refractivity contribution in [1.82, 2.24) is 20.1 Å². The molecular weight excluding hydrogens is 344 g/mol. The fourth-order valence-electron chi connectivity index (χ4n) is 3.72. The molecule has 0 spiro atoms. The van der Waals surface area contributed by atoms with Gasteiger partial charge in [-0.3, -0.25) is 9.89 Å². The van der Waals surface area contributed by atoms with Crippen molar-refractivity contribution in [3.63, 3.8) is 0 Å². The van der Waals surface area contributed by atoms with Crippen LogP contribution in [-0.4, -0.2) is 53.3 Å². The molecule has 140 valence electrons. The van der Waals surface area contributed by atoms with Crippen molar-refractivity contribution < 1.29 is 14.3 Å². The maximum absolute atomic E-state index is 13.1. The number of hydrogen-bond acceptors (Lipinski definition) is 5. The van der Waals surface area contributed by atoms with E-state index in [-0.39, 0.29) is 11.8 Å². The first-order valence-electron chi connectivity index (χ1n) is 9.01. The van der Waals surface area contributed by atoms with E-state index in [1.165, 1.54) is 0 Å². The van der Waals surface area contributed by atoms with Gasteiger partial charge in [-0.1, -0.05) is 0 Å². The number of likely N-dealkylation sites (tertiary alicyclic amines) is 1. The number of carbonyl (C=O) groups excluding carboxylic acids is 1. The zero-order valence-electron chi connectivity index (χ0n) is 15.4. The molecule has 4 rings (SSSR count). The second kappa shape index (κ2) is 7.26. The quantitative estimate of drug-likeness (QED) is 0.768. The lowest BCUT2D eigenvalue weighted by molar-refractivity contribution is 0.0703. The molecule has 1 aliphatic rings. The minimum absolute atomic E-state index is 0.0267. The number of fused-ring (bicyclic) bond motifs is 1. The number of carbonyl (C=O) groups is 1. The van der Waals surface area contributed by atoms with E-state index in [9.17, 15) is 4.79 Å². The van der Waals surface area contributed by atoms with Gasteiger partial charge in [0.15, 0.2) is 5.65 Å². The molecule has 1 atom stereocenters. The largest absolute Gasteiger partial charge is 0.497 e. The minimum Gasteiger partial charge on any atom is -0.497 e. The lowest BCUT2D eigenvalue weighted by Gasteiger charge is -2.32. The molecule has 1 N–H and O–H groups in total. The molecule has 1 unspecified atom stereocenters. The van der Waals surface area contributed by atoms with E-state index in [0.29, 0.717) is 29.3 Å². The van der Waals surface area contributed by atoms with Crippen LogP contribution in [0.3, 0.4) is 0 Å². The fraction of sp³-hybridized carbons (Fsp3) is 0.350. The Labute approximate surface area is 157 Å². The number of hydrogen-bond donors (Lipinski definition) is 1. The number of H-pyrrole nitrogens is 1. The van der Waals surface area contributed by atoms with Crippen LogP contribution in [0.5, 0.6) is 11.5 Å². The number of aromatic amines is 1. The first kappa shape index (κ1) is 17.3. The van der Waals surface area contributed by atoms with Gasteiger partial charge in [0, 0.05) is 42.4 Å². The van der Waals surface area contributed by atoms with Crippen molar-refractivity contribution in [2.45, 2.75) is 18.8 Å². The number of rotatable bonds is 4. The zero-order chi connectivity index (χ0) is 18.8. The van der Waals surface area contributed by atoms with Crippen LogP contribution >= 0.6 is 0 Å². The smallest absolute Gasteiger partial charge is 0.257 e. The number of aromatic nitrogens is 3. The Morgan fingerprint density at radius 1 is 1.26 bits per heavy atom. The van der Waals surface area contributed by atoms with Gasteiger partial charge in [0.25, 0.3) is 5.91 Å². The molecule has 7 heteroatoms. The van der Waals surface area contributed by atoms with Crippen molar-refractivity contribution in [3.8, 4) is 11.5 Å². The molecule has 1 saturated heterocycles. The van der Waals surface area contributed by atoms with Gasteiger partial charge in [-0.05, 0) is 37.1 Å². The number of ether oxygens (including phenoxy) is 2. The highest BCUT2D eigenvalue weighted by Gasteiger charge is 2.29. The third-order valence-electron chi connectivity index (χ3n) is 5.12. The number of amides is 1. The highest BCUT2D eigenvalue weighted by molar-refractivity contribution is 5.97. The minimum atomic E-state index is -0.0267. The van der Waals surface area contributed by atoms with Gasteiger partial charge < -0.3 is 14.4 Å². The Bertz CT molecular complexity index is 969. The number of benzene rings is 1. The van der Waals surface area contributed by atoms with Crippen LogP contribution in [0, 0.1) is 0 Å². The average Bonchev–Trinajstić information content (AvgIpc) is 3.17. The number of nitrogens with zero attached hydrogens (tertiary/aromatic N) is 3. The summed E-state index contributed by atoms with van der Waals surface area (Å²) in [6.45, 7) is 1.37. The molecule has 3 heterocycles. The first-order valence-corrected chi connectivity index (χ1v) is 9.01. The average molecular weight is 366 g/mol. The van der Waals surface area contributed by atoms with Crippen LogP contribution in [0.4, 0.5) is 0 Å². The van der Waals surface area contributed by atoms with Gasteiger partial charge in [0.1, 0.15) is 11.5 Å². The lowest BCUT2D eigenvalue weighted by atomic mass is 9.92. The predicted octanol–water partition coefficient (Wildman–Crippen LogP) is 2.99. The standard InChI is InChI=1S/C20H22N4O3/c1-26-14-7-8-15(17(11-14)27-2)20(25)24-10-4-5-13(12-24)18-16-6-3-9-21-19(16)23-22-18/h3,6-9,11,13H,4-5,10,12H2,1-2H3,(H,21,22,23). The lowest BCUT2D eigenvalue weighted by Crippen LogP contribution is -2.39. The monoisotopic (exact) mass is 366 g/mol. The zero-order valence-corrected chi connectivity index (χ0v) is 15.4. The Morgan fingerprint density at radius 3 is 2.96 bits per heavy atom. The van der Waals surface area contributed by atoms with Crippen molar-refractivity contribution in [1.29, 1.82) is 0 Å². The summed E-state index contributed by atoms with van der Waals surface area (Å²) in [5.74, 6) is 1.37. The van der Waals surface area contributed by atoms with Crippen LogP contribution in [0.2, 0.25) is 0 Å². The SMILES string of the molecule is COc1ccc(C(=O)N2CCCC(c3[nH]nc4ncccc34)C2)c(OC)c1. The maximum atomic E-state index is 13.1. The molecular formula is C20H22N4O3. The highest BCUT2D eigenvalue weighted by Crippen LogP contribution is 2.32. The second-order valence-corrected chi connectivity index (χ2v) is 6.67. The summed E-state index contributed by atoms with van der Waals surface area (Å²) in [6.07, 6.45) is 3.69. The van der Waals surface area contributed by atoms with Crippen LogP contribution in [0.1, 0.15) is 34.8 Å². The summed E-state index contributed by atoms with van der Waals surface area (Å²) < 4.78 is 10.6. The topological polar surface area (TPSA) is 80.3 Å². The summed E-state index contributed by atoms with van der Waals surface area (Å²) >= 11 is 0. The van der Waals surface area contributed by atoms with Crippen LogP contribution in [0.15, 0.2) is 36.5 Å². The molecule has 3 aromatic rings. The van der Waals surface area contributed by atoms with Crippen molar-refractivity contribution in [2.24, 2.45) is 0 Å². The van der Waals surface area contributed by atoms with Gasteiger partial charge >= 0.3 is 0 Å². The molecule has 0 aliphatic carbocycles. The molecule has 0 bridgehead atoms. The molecule has 0 saturated carbocycles. The van der Waals surface area contributed by atoms with Crippen molar-refractivity contribution >= 4 is 16.9 Å². The van der Waals surface area contributed by atoms with Gasteiger partial charge in [-0.25, -0.2) is 4.98 Å².